The molecule has 1 fully saturated rings. The number of hydrogen-bond donors (Lipinski definition) is 1. The van der Waals surface area contributed by atoms with Gasteiger partial charge in [0.05, 0.1) is 6.04 Å². The van der Waals surface area contributed by atoms with Crippen LogP contribution in [0.25, 0.3) is 0 Å². The minimum atomic E-state index is -2.38. The van der Waals surface area contributed by atoms with Crippen LogP contribution >= 0.6 is 56.7 Å². The summed E-state index contributed by atoms with van der Waals surface area (Å²) < 4.78 is 28.3. The van der Waals surface area contributed by atoms with Crippen LogP contribution in [-0.2, 0) is 0 Å². The fourth-order valence-electron chi connectivity index (χ4n) is 2.17. The lowest BCUT2D eigenvalue weighted by Gasteiger charge is -2.34. The number of piperazine rings is 1. The lowest BCUT2D eigenvalue weighted by Crippen LogP contribution is -2.46. The Hall–Kier alpha value is 0.540. The van der Waals surface area contributed by atoms with Crippen LogP contribution in [0.3, 0.4) is 0 Å². The average Bonchev–Trinajstić information content (AvgIpc) is 2.35. The van der Waals surface area contributed by atoms with Crippen molar-refractivity contribution in [3.8, 4) is 0 Å². The highest BCUT2D eigenvalue weighted by Crippen LogP contribution is 2.32. The van der Waals surface area contributed by atoms with Gasteiger partial charge in [-0.15, -0.1) is 24.8 Å². The first-order valence-electron chi connectivity index (χ1n) is 5.77. The molecular weight excluding hydrogens is 441 g/mol. The number of halogens is 6. The summed E-state index contributed by atoms with van der Waals surface area (Å²) in [7, 11) is 0. The van der Waals surface area contributed by atoms with E-state index in [0.29, 0.717) is 18.7 Å². The Morgan fingerprint density at radius 3 is 2.15 bits per heavy atom. The van der Waals surface area contributed by atoms with Gasteiger partial charge in [-0.25, -0.2) is 8.78 Å². The van der Waals surface area contributed by atoms with Crippen LogP contribution in [0.5, 0.6) is 0 Å². The van der Waals surface area contributed by atoms with Crippen LogP contribution in [0, 0.1) is 0 Å². The Morgan fingerprint density at radius 2 is 1.65 bits per heavy atom. The molecule has 1 aliphatic rings. The van der Waals surface area contributed by atoms with Crippen LogP contribution in [0.1, 0.15) is 11.6 Å². The van der Waals surface area contributed by atoms with Gasteiger partial charge in [-0.05, 0) is 49.6 Å². The first-order chi connectivity index (χ1) is 8.59. The lowest BCUT2D eigenvalue weighted by atomic mass is 10.1. The molecule has 0 saturated carbocycles. The van der Waals surface area contributed by atoms with Crippen molar-refractivity contribution in [2.45, 2.75) is 12.5 Å². The van der Waals surface area contributed by atoms with E-state index in [1.807, 2.05) is 4.90 Å². The molecule has 1 heterocycles. The molecule has 2 rings (SSSR count). The van der Waals surface area contributed by atoms with Crippen molar-refractivity contribution in [1.29, 1.82) is 0 Å². The molecule has 20 heavy (non-hydrogen) atoms. The molecule has 1 atom stereocenters. The molecule has 0 aliphatic carbocycles. The third kappa shape index (κ3) is 5.07. The zero-order valence-corrected chi connectivity index (χ0v) is 15.3. The highest BCUT2D eigenvalue weighted by atomic mass is 79.9. The van der Waals surface area contributed by atoms with Crippen molar-refractivity contribution in [2.75, 3.05) is 26.2 Å². The van der Waals surface area contributed by atoms with Crippen LogP contribution in [0.2, 0.25) is 0 Å². The summed E-state index contributed by atoms with van der Waals surface area (Å²) >= 11 is 6.72. The summed E-state index contributed by atoms with van der Waals surface area (Å²) in [5.74, 6) is 0. The van der Waals surface area contributed by atoms with E-state index >= 15 is 0 Å². The molecule has 2 nitrogen and oxygen atoms in total. The number of benzene rings is 1. The summed E-state index contributed by atoms with van der Waals surface area (Å²) in [6.45, 7) is 2.84. The Bertz CT molecular complexity index is 418. The maximum Gasteiger partial charge on any atom is 0.258 e. The van der Waals surface area contributed by atoms with Crippen LogP contribution in [0.15, 0.2) is 27.1 Å². The van der Waals surface area contributed by atoms with Gasteiger partial charge in [0, 0.05) is 35.1 Å². The van der Waals surface area contributed by atoms with Crippen molar-refractivity contribution in [1.82, 2.24) is 10.2 Å². The van der Waals surface area contributed by atoms with Gasteiger partial charge < -0.3 is 5.32 Å². The molecule has 1 aromatic rings. The van der Waals surface area contributed by atoms with Gasteiger partial charge in [0.2, 0.25) is 0 Å². The maximum absolute atomic E-state index is 13.3. The van der Waals surface area contributed by atoms with E-state index in [1.165, 1.54) is 0 Å². The van der Waals surface area contributed by atoms with Gasteiger partial charge in [-0.1, -0.05) is 6.07 Å². The maximum atomic E-state index is 13.3. The van der Waals surface area contributed by atoms with E-state index in [9.17, 15) is 8.78 Å². The molecule has 0 radical (unpaired) electrons. The third-order valence-corrected chi connectivity index (χ3v) is 4.95. The topological polar surface area (TPSA) is 15.3 Å². The number of rotatable bonds is 3. The molecule has 116 valence electrons. The highest BCUT2D eigenvalue weighted by molar-refractivity contribution is 9.13. The van der Waals surface area contributed by atoms with E-state index in [1.54, 1.807) is 18.2 Å². The Balaban J connectivity index is 0.00000180. The van der Waals surface area contributed by atoms with E-state index in [-0.39, 0.29) is 24.8 Å². The minimum Gasteiger partial charge on any atom is -0.314 e. The van der Waals surface area contributed by atoms with Crippen molar-refractivity contribution in [2.24, 2.45) is 0 Å². The van der Waals surface area contributed by atoms with Crippen LogP contribution in [0.4, 0.5) is 8.78 Å². The smallest absolute Gasteiger partial charge is 0.258 e. The second-order valence-electron chi connectivity index (χ2n) is 4.24. The molecule has 0 unspecified atom stereocenters. The average molecular weight is 457 g/mol. The SMILES string of the molecule is Cl.Cl.FC(F)[C@@H](c1ccc(Br)c(Br)c1)N1CCNCC1. The second-order valence-corrected chi connectivity index (χ2v) is 5.95. The summed E-state index contributed by atoms with van der Waals surface area (Å²) in [5, 5.41) is 3.18. The Labute approximate surface area is 146 Å². The standard InChI is InChI=1S/C12H14Br2F2N2.2ClH/c13-9-2-1-8(7-10(9)14)11(12(15)16)18-5-3-17-4-6-18;;/h1-2,7,11-12,17H,3-6H2;2*1H/t11-;;/m1../s1. The predicted molar refractivity (Wildman–Crippen MR) is 89.5 cm³/mol. The van der Waals surface area contributed by atoms with Crippen LogP contribution in [-0.4, -0.2) is 37.5 Å². The molecule has 1 saturated heterocycles. The second kappa shape index (κ2) is 9.54. The monoisotopic (exact) mass is 454 g/mol. The zero-order chi connectivity index (χ0) is 13.1. The molecule has 0 amide bonds. The number of nitrogens with zero attached hydrogens (tertiary/aromatic N) is 1. The molecule has 1 aromatic carbocycles. The number of nitrogens with one attached hydrogen (secondary N) is 1. The van der Waals surface area contributed by atoms with E-state index in [0.717, 1.165) is 22.0 Å². The normalized spacial score (nSPS) is 17.2. The summed E-state index contributed by atoms with van der Waals surface area (Å²) in [6, 6.07) is 4.50. The fourth-order valence-corrected chi connectivity index (χ4v) is 2.82. The Morgan fingerprint density at radius 1 is 1.05 bits per heavy atom. The predicted octanol–water partition coefficient (Wildman–Crippen LogP) is 4.27. The first-order valence-corrected chi connectivity index (χ1v) is 7.36. The van der Waals surface area contributed by atoms with Gasteiger partial charge in [0.1, 0.15) is 0 Å². The van der Waals surface area contributed by atoms with Gasteiger partial charge in [0.25, 0.3) is 6.43 Å². The summed E-state index contributed by atoms with van der Waals surface area (Å²) in [6.07, 6.45) is -2.38. The minimum absolute atomic E-state index is 0. The van der Waals surface area contributed by atoms with Crippen LogP contribution < -0.4 is 5.32 Å². The lowest BCUT2D eigenvalue weighted by molar-refractivity contribution is 0.0181. The quantitative estimate of drug-likeness (QED) is 0.730. The molecule has 0 spiro atoms. The fraction of sp³-hybridized carbons (Fsp3) is 0.500. The van der Waals surface area contributed by atoms with E-state index in [4.69, 9.17) is 0 Å². The number of alkyl halides is 2. The van der Waals surface area contributed by atoms with Crippen molar-refractivity contribution < 1.29 is 8.78 Å². The van der Waals surface area contributed by atoms with E-state index in [2.05, 4.69) is 37.2 Å². The van der Waals surface area contributed by atoms with Crippen molar-refractivity contribution >= 4 is 56.7 Å². The van der Waals surface area contributed by atoms with Gasteiger partial charge in [-0.3, -0.25) is 4.90 Å². The first kappa shape index (κ1) is 20.5. The molecule has 1 aliphatic heterocycles. The zero-order valence-electron chi connectivity index (χ0n) is 10.5. The molecule has 0 aromatic heterocycles. The summed E-state index contributed by atoms with van der Waals surface area (Å²) in [5.41, 5.74) is 0.655. The molecule has 8 heteroatoms. The summed E-state index contributed by atoms with van der Waals surface area (Å²) in [4.78, 5) is 1.84. The molecule has 0 bridgehead atoms. The highest BCUT2D eigenvalue weighted by Gasteiger charge is 2.30. The van der Waals surface area contributed by atoms with Crippen molar-refractivity contribution in [3.63, 3.8) is 0 Å². The van der Waals surface area contributed by atoms with Gasteiger partial charge in [0.15, 0.2) is 0 Å². The van der Waals surface area contributed by atoms with E-state index < -0.39 is 12.5 Å². The number of hydrogen-bond acceptors (Lipinski definition) is 2. The van der Waals surface area contributed by atoms with Gasteiger partial charge in [-0.2, -0.15) is 0 Å². The Kier molecular flexibility index (Phi) is 9.79. The van der Waals surface area contributed by atoms with Crippen molar-refractivity contribution in [3.05, 3.63) is 32.7 Å². The molecule has 1 N–H and O–H groups in total. The third-order valence-electron chi connectivity index (χ3n) is 3.07. The van der Waals surface area contributed by atoms with Gasteiger partial charge >= 0.3 is 0 Å². The molecular formula is C12H16Br2Cl2F2N2. The largest absolute Gasteiger partial charge is 0.314 e.